The van der Waals surface area contributed by atoms with E-state index in [1.807, 2.05) is 20.8 Å². The molecule has 19 heavy (non-hydrogen) atoms. The van der Waals surface area contributed by atoms with E-state index in [0.29, 0.717) is 23.0 Å². The highest BCUT2D eigenvalue weighted by Gasteiger charge is 2.21. The quantitative estimate of drug-likeness (QED) is 0.604. The van der Waals surface area contributed by atoms with Gasteiger partial charge in [0.15, 0.2) is 0 Å². The highest BCUT2D eigenvalue weighted by Crippen LogP contribution is 2.24. The number of anilines is 2. The normalized spacial score (nSPS) is 13.1. The van der Waals surface area contributed by atoms with Crippen molar-refractivity contribution in [3.05, 3.63) is 11.4 Å². The average molecular weight is 267 g/mol. The zero-order chi connectivity index (χ0) is 14.8. The lowest BCUT2D eigenvalue weighted by Crippen LogP contribution is -2.34. The van der Waals surface area contributed by atoms with E-state index in [9.17, 15) is 9.90 Å². The average Bonchev–Trinajstić information content (AvgIpc) is 2.28. The summed E-state index contributed by atoms with van der Waals surface area (Å²) in [6.45, 7) is 7.66. The van der Waals surface area contributed by atoms with Crippen molar-refractivity contribution in [1.82, 2.24) is 9.97 Å². The third-order valence-corrected chi connectivity index (χ3v) is 2.65. The van der Waals surface area contributed by atoms with Crippen LogP contribution in [0.15, 0.2) is 0 Å². The summed E-state index contributed by atoms with van der Waals surface area (Å²) < 4.78 is 0. The molecule has 1 unspecified atom stereocenters. The molecule has 1 amide bonds. The zero-order valence-corrected chi connectivity index (χ0v) is 11.7. The number of amides is 1. The number of aromatic nitrogens is 2. The number of nitrogens with two attached hydrogens (primary N) is 2. The van der Waals surface area contributed by atoms with Crippen molar-refractivity contribution in [3.63, 3.8) is 0 Å². The Morgan fingerprint density at radius 1 is 1.42 bits per heavy atom. The molecule has 0 aliphatic rings. The highest BCUT2D eigenvalue weighted by molar-refractivity contribution is 5.79. The van der Waals surface area contributed by atoms with Gasteiger partial charge in [-0.1, -0.05) is 20.8 Å². The van der Waals surface area contributed by atoms with Crippen molar-refractivity contribution in [2.45, 2.75) is 39.2 Å². The molecule has 0 saturated heterocycles. The third kappa shape index (κ3) is 3.78. The van der Waals surface area contributed by atoms with Gasteiger partial charge in [0, 0.05) is 11.0 Å². The summed E-state index contributed by atoms with van der Waals surface area (Å²) in [5.41, 5.74) is 11.2. The molecule has 0 bridgehead atoms. The largest absolute Gasteiger partial charge is 0.383 e. The van der Waals surface area contributed by atoms with Crippen LogP contribution in [0.3, 0.4) is 0 Å². The lowest BCUT2D eigenvalue weighted by atomic mass is 9.95. The molecule has 0 fully saturated rings. The summed E-state index contributed by atoms with van der Waals surface area (Å²) in [7, 11) is 0. The number of primary amides is 1. The van der Waals surface area contributed by atoms with E-state index >= 15 is 0 Å². The molecule has 0 aromatic carbocycles. The van der Waals surface area contributed by atoms with E-state index < -0.39 is 12.0 Å². The van der Waals surface area contributed by atoms with Crippen LogP contribution in [-0.4, -0.2) is 33.6 Å². The molecule has 1 aromatic heterocycles. The number of carbonyl (C=O) groups is 1. The van der Waals surface area contributed by atoms with Gasteiger partial charge in [0.1, 0.15) is 23.6 Å². The number of aliphatic hydroxyl groups excluding tert-OH is 1. The van der Waals surface area contributed by atoms with Crippen LogP contribution in [0.4, 0.5) is 11.6 Å². The number of hydrogen-bond acceptors (Lipinski definition) is 6. The van der Waals surface area contributed by atoms with Crippen molar-refractivity contribution in [2.75, 3.05) is 17.6 Å². The number of carbonyl (C=O) groups excluding carboxylic acids is 1. The predicted octanol–water partition coefficient (Wildman–Crippen LogP) is -0.0772. The number of nitrogens with zero attached hydrogens (tertiary/aromatic N) is 2. The molecule has 1 atom stereocenters. The van der Waals surface area contributed by atoms with Crippen molar-refractivity contribution in [2.24, 2.45) is 5.73 Å². The van der Waals surface area contributed by atoms with Gasteiger partial charge in [0.2, 0.25) is 5.91 Å². The minimum absolute atomic E-state index is 0.0176. The Labute approximate surface area is 112 Å². The molecule has 6 N–H and O–H groups in total. The maximum atomic E-state index is 10.8. The van der Waals surface area contributed by atoms with E-state index in [1.165, 1.54) is 0 Å². The summed E-state index contributed by atoms with van der Waals surface area (Å²) in [6, 6.07) is 0. The van der Waals surface area contributed by atoms with Crippen molar-refractivity contribution >= 4 is 17.5 Å². The first-order valence-electron chi connectivity index (χ1n) is 5.98. The highest BCUT2D eigenvalue weighted by atomic mass is 16.3. The van der Waals surface area contributed by atoms with Gasteiger partial charge in [-0.25, -0.2) is 9.97 Å². The van der Waals surface area contributed by atoms with Crippen LogP contribution in [0, 0.1) is 6.92 Å². The van der Waals surface area contributed by atoms with Gasteiger partial charge >= 0.3 is 0 Å². The Balaban J connectivity index is 3.00. The predicted molar refractivity (Wildman–Crippen MR) is 73.6 cm³/mol. The Bertz CT molecular complexity index is 482. The lowest BCUT2D eigenvalue weighted by Gasteiger charge is -2.20. The van der Waals surface area contributed by atoms with Gasteiger partial charge < -0.3 is 21.9 Å². The van der Waals surface area contributed by atoms with Crippen LogP contribution >= 0.6 is 0 Å². The molecule has 1 rings (SSSR count). The monoisotopic (exact) mass is 267 g/mol. The molecule has 0 saturated carbocycles. The van der Waals surface area contributed by atoms with Crippen molar-refractivity contribution in [3.8, 4) is 0 Å². The maximum absolute atomic E-state index is 10.8. The Morgan fingerprint density at radius 3 is 2.47 bits per heavy atom. The number of hydrogen-bond donors (Lipinski definition) is 4. The molecular weight excluding hydrogens is 246 g/mol. The van der Waals surface area contributed by atoms with Crippen LogP contribution in [-0.2, 0) is 10.2 Å². The van der Waals surface area contributed by atoms with Gasteiger partial charge in [-0.15, -0.1) is 0 Å². The van der Waals surface area contributed by atoms with Gasteiger partial charge in [-0.3, -0.25) is 4.79 Å². The summed E-state index contributed by atoms with van der Waals surface area (Å²) in [5, 5.41) is 12.2. The summed E-state index contributed by atoms with van der Waals surface area (Å²) >= 11 is 0. The molecule has 0 aliphatic heterocycles. The second-order valence-corrected chi connectivity index (χ2v) is 5.46. The minimum Gasteiger partial charge on any atom is -0.383 e. The van der Waals surface area contributed by atoms with Gasteiger partial charge in [0.05, 0.1) is 6.54 Å². The van der Waals surface area contributed by atoms with Crippen LogP contribution in [0.2, 0.25) is 0 Å². The van der Waals surface area contributed by atoms with E-state index in [4.69, 9.17) is 11.5 Å². The molecule has 7 nitrogen and oxygen atoms in total. The van der Waals surface area contributed by atoms with Gasteiger partial charge in [-0.2, -0.15) is 0 Å². The van der Waals surface area contributed by atoms with E-state index in [1.54, 1.807) is 6.92 Å². The lowest BCUT2D eigenvalue weighted by molar-refractivity contribution is -0.125. The SMILES string of the molecule is Cc1c(N)nc(C(C)(C)C)nc1NCC(O)C(N)=O. The Morgan fingerprint density at radius 2 is 2.00 bits per heavy atom. The second kappa shape index (κ2) is 5.40. The molecule has 7 heteroatoms. The van der Waals surface area contributed by atoms with E-state index in [0.717, 1.165) is 0 Å². The fourth-order valence-corrected chi connectivity index (χ4v) is 1.34. The van der Waals surface area contributed by atoms with Crippen LogP contribution in [0.5, 0.6) is 0 Å². The van der Waals surface area contributed by atoms with Crippen molar-refractivity contribution < 1.29 is 9.90 Å². The molecular formula is C12H21N5O2. The minimum atomic E-state index is -1.27. The number of aliphatic hydroxyl groups is 1. The third-order valence-electron chi connectivity index (χ3n) is 2.65. The summed E-state index contributed by atoms with van der Waals surface area (Å²) in [5.74, 6) is 0.670. The van der Waals surface area contributed by atoms with Crippen LogP contribution in [0.1, 0.15) is 32.2 Å². The van der Waals surface area contributed by atoms with E-state index in [2.05, 4.69) is 15.3 Å². The molecule has 106 valence electrons. The van der Waals surface area contributed by atoms with Crippen LogP contribution < -0.4 is 16.8 Å². The first-order chi connectivity index (χ1) is 8.62. The zero-order valence-electron chi connectivity index (χ0n) is 11.7. The maximum Gasteiger partial charge on any atom is 0.248 e. The van der Waals surface area contributed by atoms with Crippen molar-refractivity contribution in [1.29, 1.82) is 0 Å². The molecule has 0 radical (unpaired) electrons. The molecule has 1 aromatic rings. The van der Waals surface area contributed by atoms with Crippen LogP contribution in [0.25, 0.3) is 0 Å². The van der Waals surface area contributed by atoms with Gasteiger partial charge in [-0.05, 0) is 6.92 Å². The number of nitrogen functional groups attached to an aromatic ring is 1. The fraction of sp³-hybridized carbons (Fsp3) is 0.583. The summed E-state index contributed by atoms with van der Waals surface area (Å²) in [6.07, 6.45) is -1.27. The molecule has 1 heterocycles. The molecule has 0 spiro atoms. The first kappa shape index (κ1) is 15.2. The van der Waals surface area contributed by atoms with Gasteiger partial charge in [0.25, 0.3) is 0 Å². The number of nitrogens with one attached hydrogen (secondary N) is 1. The Kier molecular flexibility index (Phi) is 4.31. The Hall–Kier alpha value is -1.89. The molecule has 0 aliphatic carbocycles. The first-order valence-corrected chi connectivity index (χ1v) is 5.98. The van der Waals surface area contributed by atoms with E-state index in [-0.39, 0.29) is 12.0 Å². The second-order valence-electron chi connectivity index (χ2n) is 5.46. The smallest absolute Gasteiger partial charge is 0.248 e. The fourth-order valence-electron chi connectivity index (χ4n) is 1.34. The standard InChI is InChI=1S/C12H21N5O2/c1-6-8(13)16-11(12(2,3)4)17-10(6)15-5-7(18)9(14)19/h7,18H,5H2,1-4H3,(H2,14,19)(H3,13,15,16,17). The topological polar surface area (TPSA) is 127 Å². The summed E-state index contributed by atoms with van der Waals surface area (Å²) in [4.78, 5) is 19.4. The number of rotatable bonds is 4.